The van der Waals surface area contributed by atoms with Gasteiger partial charge in [-0.25, -0.2) is 4.98 Å². The van der Waals surface area contributed by atoms with Gasteiger partial charge in [-0.1, -0.05) is 0 Å². The van der Waals surface area contributed by atoms with Crippen molar-refractivity contribution in [3.05, 3.63) is 38.9 Å². The second-order valence-corrected chi connectivity index (χ2v) is 5.34. The molecule has 0 spiro atoms. The molecular formula is C13H12ClN3O5S. The van der Waals surface area contributed by atoms with Gasteiger partial charge in [-0.3, -0.25) is 20.2 Å². The Kier molecular flexibility index (Phi) is 5.35. The Hall–Kier alpha value is -2.39. The summed E-state index contributed by atoms with van der Waals surface area (Å²) in [5.41, 5.74) is 0.0540. The number of halogens is 1. The number of ether oxygens (including phenoxy) is 2. The highest BCUT2D eigenvalue weighted by molar-refractivity contribution is 7.14. The molecule has 2 rings (SSSR count). The summed E-state index contributed by atoms with van der Waals surface area (Å²) < 4.78 is 10.1. The van der Waals surface area contributed by atoms with Crippen LogP contribution in [-0.4, -0.2) is 30.0 Å². The van der Waals surface area contributed by atoms with Gasteiger partial charge in [0.25, 0.3) is 11.6 Å². The average molecular weight is 358 g/mol. The smallest absolute Gasteiger partial charge is 0.286 e. The maximum absolute atomic E-state index is 12.3. The predicted octanol–water partition coefficient (Wildman–Crippen LogP) is 3.06. The third-order valence-corrected chi connectivity index (χ3v) is 3.93. The van der Waals surface area contributed by atoms with Gasteiger partial charge in [-0.2, -0.15) is 0 Å². The molecule has 1 N–H and O–H groups in total. The molecule has 0 fully saturated rings. The van der Waals surface area contributed by atoms with Gasteiger partial charge in [0.1, 0.15) is 5.56 Å². The molecule has 1 aromatic carbocycles. The molecule has 0 saturated heterocycles. The zero-order valence-electron chi connectivity index (χ0n) is 12.2. The number of aromatic nitrogens is 1. The third-order valence-electron chi connectivity index (χ3n) is 2.85. The lowest BCUT2D eigenvalue weighted by Crippen LogP contribution is -2.14. The highest BCUT2D eigenvalue weighted by Gasteiger charge is 2.25. The number of nitro benzene ring substituents is 1. The second kappa shape index (κ2) is 7.25. The van der Waals surface area contributed by atoms with Crippen molar-refractivity contribution in [2.75, 3.05) is 19.5 Å². The van der Waals surface area contributed by atoms with Gasteiger partial charge in [0.2, 0.25) is 0 Å². The molecule has 0 saturated carbocycles. The van der Waals surface area contributed by atoms with E-state index in [0.29, 0.717) is 10.8 Å². The fourth-order valence-corrected chi connectivity index (χ4v) is 2.73. The van der Waals surface area contributed by atoms with E-state index in [1.54, 1.807) is 5.38 Å². The Morgan fingerprint density at radius 2 is 2.04 bits per heavy atom. The molecular weight excluding hydrogens is 346 g/mol. The molecule has 0 aliphatic carbocycles. The van der Waals surface area contributed by atoms with Crippen molar-refractivity contribution in [1.29, 1.82) is 0 Å². The van der Waals surface area contributed by atoms with Crippen molar-refractivity contribution in [3.63, 3.8) is 0 Å². The normalized spacial score (nSPS) is 10.2. The minimum Gasteiger partial charge on any atom is -0.493 e. The molecule has 0 aliphatic rings. The number of nitrogens with zero attached hydrogens (tertiary/aromatic N) is 2. The molecule has 1 amide bonds. The van der Waals surface area contributed by atoms with Crippen LogP contribution in [0.15, 0.2) is 17.5 Å². The first-order valence-corrected chi connectivity index (χ1v) is 7.63. The summed E-state index contributed by atoms with van der Waals surface area (Å²) >= 11 is 6.82. The fourth-order valence-electron chi connectivity index (χ4n) is 1.79. The van der Waals surface area contributed by atoms with Gasteiger partial charge >= 0.3 is 0 Å². The average Bonchev–Trinajstić information content (AvgIpc) is 3.00. The first-order valence-electron chi connectivity index (χ1n) is 6.22. The van der Waals surface area contributed by atoms with Crippen molar-refractivity contribution in [2.45, 2.75) is 5.88 Å². The minimum atomic E-state index is -0.673. The molecule has 1 heterocycles. The van der Waals surface area contributed by atoms with Crippen LogP contribution in [0.3, 0.4) is 0 Å². The first kappa shape index (κ1) is 17.0. The van der Waals surface area contributed by atoms with Gasteiger partial charge in [0.15, 0.2) is 16.6 Å². The number of amides is 1. The van der Waals surface area contributed by atoms with Crippen LogP contribution in [0.1, 0.15) is 16.1 Å². The summed E-state index contributed by atoms with van der Waals surface area (Å²) in [4.78, 5) is 26.9. The Balaban J connectivity index is 2.39. The van der Waals surface area contributed by atoms with Crippen LogP contribution in [0, 0.1) is 10.1 Å². The summed E-state index contributed by atoms with van der Waals surface area (Å²) in [6, 6.07) is 2.39. The zero-order valence-corrected chi connectivity index (χ0v) is 13.7. The highest BCUT2D eigenvalue weighted by Crippen LogP contribution is 2.35. The quantitative estimate of drug-likeness (QED) is 0.484. The van der Waals surface area contributed by atoms with Gasteiger partial charge in [0.05, 0.1) is 36.8 Å². The Morgan fingerprint density at radius 1 is 1.39 bits per heavy atom. The minimum absolute atomic E-state index is 0.157. The number of nitrogens with one attached hydrogen (secondary N) is 1. The molecule has 0 radical (unpaired) electrons. The summed E-state index contributed by atoms with van der Waals surface area (Å²) in [6.45, 7) is 0. The van der Waals surface area contributed by atoms with E-state index in [0.717, 1.165) is 6.07 Å². The van der Waals surface area contributed by atoms with E-state index in [4.69, 9.17) is 21.1 Å². The lowest BCUT2D eigenvalue weighted by molar-refractivity contribution is -0.385. The maximum atomic E-state index is 12.3. The van der Waals surface area contributed by atoms with Crippen LogP contribution in [0.2, 0.25) is 0 Å². The number of carbonyl (C=O) groups is 1. The molecule has 0 bridgehead atoms. The zero-order chi connectivity index (χ0) is 17.0. The molecule has 8 nitrogen and oxygen atoms in total. The molecule has 2 aromatic rings. The summed E-state index contributed by atoms with van der Waals surface area (Å²) in [5, 5.41) is 15.7. The molecule has 0 aliphatic heterocycles. The van der Waals surface area contributed by atoms with Crippen molar-refractivity contribution in [2.24, 2.45) is 0 Å². The highest BCUT2D eigenvalue weighted by atomic mass is 35.5. The van der Waals surface area contributed by atoms with Crippen LogP contribution in [0.25, 0.3) is 0 Å². The van der Waals surface area contributed by atoms with E-state index in [-0.39, 0.29) is 22.9 Å². The maximum Gasteiger partial charge on any atom is 0.286 e. The number of benzene rings is 1. The van der Waals surface area contributed by atoms with E-state index in [1.807, 2.05) is 0 Å². The van der Waals surface area contributed by atoms with E-state index in [2.05, 4.69) is 10.3 Å². The number of rotatable bonds is 6. The number of anilines is 1. The number of carbonyl (C=O) groups excluding carboxylic acids is 1. The monoisotopic (exact) mass is 357 g/mol. The van der Waals surface area contributed by atoms with Crippen LogP contribution >= 0.6 is 22.9 Å². The van der Waals surface area contributed by atoms with Gasteiger partial charge in [-0.15, -0.1) is 22.9 Å². The van der Waals surface area contributed by atoms with Gasteiger partial charge in [-0.05, 0) is 0 Å². The van der Waals surface area contributed by atoms with Gasteiger partial charge < -0.3 is 9.47 Å². The summed E-state index contributed by atoms with van der Waals surface area (Å²) in [6.07, 6.45) is 0. The largest absolute Gasteiger partial charge is 0.493 e. The lowest BCUT2D eigenvalue weighted by atomic mass is 10.1. The van der Waals surface area contributed by atoms with E-state index in [9.17, 15) is 14.9 Å². The van der Waals surface area contributed by atoms with Crippen LogP contribution in [0.4, 0.5) is 10.8 Å². The van der Waals surface area contributed by atoms with Crippen molar-refractivity contribution < 1.29 is 19.2 Å². The molecule has 0 unspecified atom stereocenters. The van der Waals surface area contributed by atoms with Crippen LogP contribution in [0.5, 0.6) is 11.5 Å². The number of methoxy groups -OCH3 is 2. The number of hydrogen-bond acceptors (Lipinski definition) is 7. The fraction of sp³-hybridized carbons (Fsp3) is 0.231. The number of hydrogen-bond donors (Lipinski definition) is 1. The lowest BCUT2D eigenvalue weighted by Gasteiger charge is -2.10. The topological polar surface area (TPSA) is 104 Å². The number of alkyl halides is 1. The molecule has 0 atom stereocenters. The van der Waals surface area contributed by atoms with E-state index < -0.39 is 16.5 Å². The summed E-state index contributed by atoms with van der Waals surface area (Å²) in [5.74, 6) is -0.0885. The standard InChI is InChI=1S/C13H12ClN3O5S/c1-21-10-3-8(9(17(19)20)4-11(10)22-2)12(18)16-13-15-7(5-14)6-23-13/h3-4,6H,5H2,1-2H3,(H,15,16,18). The van der Waals surface area contributed by atoms with Crippen LogP contribution < -0.4 is 14.8 Å². The Bertz CT molecular complexity index is 749. The molecule has 1 aromatic heterocycles. The Labute approximate surface area is 140 Å². The Morgan fingerprint density at radius 3 is 2.57 bits per heavy atom. The molecule has 23 heavy (non-hydrogen) atoms. The predicted molar refractivity (Wildman–Crippen MR) is 85.8 cm³/mol. The number of thiazole rings is 1. The SMILES string of the molecule is COc1cc(C(=O)Nc2nc(CCl)cs2)c([N+](=O)[O-])cc1OC. The third kappa shape index (κ3) is 3.69. The van der Waals surface area contributed by atoms with Gasteiger partial charge in [0, 0.05) is 11.4 Å². The number of nitro groups is 1. The molecule has 122 valence electrons. The van der Waals surface area contributed by atoms with E-state index in [1.165, 1.54) is 31.6 Å². The van der Waals surface area contributed by atoms with Crippen molar-refractivity contribution in [1.82, 2.24) is 4.98 Å². The summed E-state index contributed by atoms with van der Waals surface area (Å²) in [7, 11) is 2.73. The van der Waals surface area contributed by atoms with Crippen LogP contribution in [-0.2, 0) is 5.88 Å². The van der Waals surface area contributed by atoms with Crippen molar-refractivity contribution >= 4 is 39.7 Å². The van der Waals surface area contributed by atoms with Crippen molar-refractivity contribution in [3.8, 4) is 11.5 Å². The first-order chi connectivity index (χ1) is 11.0. The van der Waals surface area contributed by atoms with E-state index >= 15 is 0 Å². The molecule has 10 heteroatoms. The second-order valence-electron chi connectivity index (χ2n) is 4.21.